The smallest absolute Gasteiger partial charge is 0.270 e. The van der Waals surface area contributed by atoms with Crippen LogP contribution in [0.25, 0.3) is 0 Å². The van der Waals surface area contributed by atoms with E-state index in [0.717, 1.165) is 17.0 Å². The molecule has 0 bridgehead atoms. The molecule has 0 unspecified atom stereocenters. The number of aryl methyl sites for hydroxylation is 1. The van der Waals surface area contributed by atoms with E-state index >= 15 is 0 Å². The Labute approximate surface area is 163 Å². The summed E-state index contributed by atoms with van der Waals surface area (Å²) < 4.78 is 10.7. The minimum absolute atomic E-state index is 0.225. The summed E-state index contributed by atoms with van der Waals surface area (Å²) >= 11 is 0. The first kappa shape index (κ1) is 17.9. The third-order valence-corrected chi connectivity index (χ3v) is 4.50. The minimum Gasteiger partial charge on any atom is -0.454 e. The van der Waals surface area contributed by atoms with Crippen LogP contribution in [0.1, 0.15) is 27.2 Å². The van der Waals surface area contributed by atoms with Gasteiger partial charge in [0.25, 0.3) is 5.91 Å². The van der Waals surface area contributed by atoms with Crippen LogP contribution in [0, 0.1) is 6.92 Å². The molecule has 1 aliphatic rings. The Kier molecular flexibility index (Phi) is 5.10. The molecule has 1 aliphatic heterocycles. The predicted octanol–water partition coefficient (Wildman–Crippen LogP) is 3.66. The van der Waals surface area contributed by atoms with Gasteiger partial charge in [0, 0.05) is 25.0 Å². The van der Waals surface area contributed by atoms with E-state index < -0.39 is 0 Å². The van der Waals surface area contributed by atoms with E-state index in [-0.39, 0.29) is 12.7 Å². The molecule has 0 radical (unpaired) electrons. The van der Waals surface area contributed by atoms with Crippen LogP contribution in [0.2, 0.25) is 0 Å². The third kappa shape index (κ3) is 4.23. The molecule has 0 saturated carbocycles. The van der Waals surface area contributed by atoms with Gasteiger partial charge in [-0.15, -0.1) is 0 Å². The van der Waals surface area contributed by atoms with Crippen LogP contribution in [0.3, 0.4) is 0 Å². The summed E-state index contributed by atoms with van der Waals surface area (Å²) in [5.74, 6) is 1.20. The number of rotatable bonds is 6. The molecule has 2 aromatic carbocycles. The molecule has 6 nitrogen and oxygen atoms in total. The fourth-order valence-corrected chi connectivity index (χ4v) is 2.90. The van der Waals surface area contributed by atoms with E-state index in [1.54, 1.807) is 12.3 Å². The summed E-state index contributed by atoms with van der Waals surface area (Å²) in [6.07, 6.45) is 1.63. The van der Waals surface area contributed by atoms with Crippen LogP contribution in [0.5, 0.6) is 11.5 Å². The first-order valence-corrected chi connectivity index (χ1v) is 9.09. The zero-order chi connectivity index (χ0) is 19.3. The average molecular weight is 375 g/mol. The Bertz CT molecular complexity index is 987. The van der Waals surface area contributed by atoms with Crippen molar-refractivity contribution in [1.29, 1.82) is 0 Å². The van der Waals surface area contributed by atoms with E-state index in [0.29, 0.717) is 24.5 Å². The second-order valence-electron chi connectivity index (χ2n) is 6.64. The lowest BCUT2D eigenvalue weighted by atomic mass is 10.1. The fourth-order valence-electron chi connectivity index (χ4n) is 2.90. The van der Waals surface area contributed by atoms with Crippen molar-refractivity contribution in [2.75, 3.05) is 12.1 Å². The number of hydrogen-bond donors (Lipinski definition) is 2. The highest BCUT2D eigenvalue weighted by Gasteiger charge is 2.14. The Morgan fingerprint density at radius 1 is 0.964 bits per heavy atom. The monoisotopic (exact) mass is 375 g/mol. The van der Waals surface area contributed by atoms with Gasteiger partial charge >= 0.3 is 0 Å². The Balaban J connectivity index is 1.35. The van der Waals surface area contributed by atoms with Gasteiger partial charge in [0.1, 0.15) is 5.69 Å². The number of nitrogens with one attached hydrogen (secondary N) is 2. The number of pyridine rings is 1. The number of amides is 1. The van der Waals surface area contributed by atoms with Crippen molar-refractivity contribution in [3.63, 3.8) is 0 Å². The second kappa shape index (κ2) is 8.00. The van der Waals surface area contributed by atoms with Gasteiger partial charge in [0.05, 0.1) is 0 Å². The molecule has 2 N–H and O–H groups in total. The maximum atomic E-state index is 12.5. The number of fused-ring (bicyclic) bond motifs is 1. The topological polar surface area (TPSA) is 72.5 Å². The highest BCUT2D eigenvalue weighted by atomic mass is 16.7. The average Bonchev–Trinajstić information content (AvgIpc) is 3.20. The van der Waals surface area contributed by atoms with Crippen molar-refractivity contribution in [2.45, 2.75) is 20.0 Å². The van der Waals surface area contributed by atoms with Gasteiger partial charge in [0.2, 0.25) is 6.79 Å². The van der Waals surface area contributed by atoms with Crippen molar-refractivity contribution >= 4 is 11.6 Å². The lowest BCUT2D eigenvalue weighted by molar-refractivity contribution is 0.0946. The number of anilines is 1. The Morgan fingerprint density at radius 2 is 1.75 bits per heavy atom. The number of ether oxygens (including phenoxy) is 2. The Hall–Kier alpha value is -3.54. The molecule has 6 heteroatoms. The highest BCUT2D eigenvalue weighted by molar-refractivity contribution is 5.93. The molecule has 0 atom stereocenters. The quantitative estimate of drug-likeness (QED) is 0.688. The molecule has 0 spiro atoms. The first-order chi connectivity index (χ1) is 13.7. The zero-order valence-corrected chi connectivity index (χ0v) is 15.6. The summed E-state index contributed by atoms with van der Waals surface area (Å²) in [7, 11) is 0. The number of benzene rings is 2. The normalized spacial score (nSPS) is 11.9. The van der Waals surface area contributed by atoms with Gasteiger partial charge in [-0.2, -0.15) is 0 Å². The van der Waals surface area contributed by atoms with Gasteiger partial charge in [-0.3, -0.25) is 9.78 Å². The molecule has 0 saturated heterocycles. The van der Waals surface area contributed by atoms with Crippen molar-refractivity contribution in [3.8, 4) is 11.5 Å². The number of carbonyl (C=O) groups excluding carboxylic acids is 1. The lowest BCUT2D eigenvalue weighted by Gasteiger charge is -2.09. The zero-order valence-electron chi connectivity index (χ0n) is 15.6. The predicted molar refractivity (Wildman–Crippen MR) is 106 cm³/mol. The Morgan fingerprint density at radius 3 is 2.61 bits per heavy atom. The number of hydrogen-bond acceptors (Lipinski definition) is 5. The summed E-state index contributed by atoms with van der Waals surface area (Å²) in [6.45, 7) is 3.37. The summed E-state index contributed by atoms with van der Waals surface area (Å²) in [6, 6.07) is 17.6. The first-order valence-electron chi connectivity index (χ1n) is 9.09. The molecule has 28 heavy (non-hydrogen) atoms. The van der Waals surface area contributed by atoms with Gasteiger partial charge in [-0.25, -0.2) is 0 Å². The van der Waals surface area contributed by atoms with E-state index in [9.17, 15) is 4.79 Å². The van der Waals surface area contributed by atoms with E-state index in [2.05, 4.69) is 46.8 Å². The fraction of sp³-hybridized carbons (Fsp3) is 0.182. The van der Waals surface area contributed by atoms with Crippen LogP contribution in [-0.4, -0.2) is 17.7 Å². The standard InChI is InChI=1S/C22H21N3O3/c1-15-2-4-16(5-3-15)12-24-18-8-9-23-19(11-18)22(26)25-13-17-6-7-20-21(10-17)28-14-27-20/h2-11H,12-14H2,1H3,(H,23,24)(H,25,26). The molecule has 2 heterocycles. The molecule has 1 amide bonds. The summed E-state index contributed by atoms with van der Waals surface area (Å²) in [5, 5.41) is 6.22. The molecular weight excluding hydrogens is 354 g/mol. The van der Waals surface area contributed by atoms with Crippen LogP contribution in [-0.2, 0) is 13.1 Å². The number of aromatic nitrogens is 1. The SMILES string of the molecule is Cc1ccc(CNc2ccnc(C(=O)NCc3ccc4c(c3)OCO4)c2)cc1. The molecule has 4 rings (SSSR count). The van der Waals surface area contributed by atoms with Crippen molar-refractivity contribution < 1.29 is 14.3 Å². The summed E-state index contributed by atoms with van der Waals surface area (Å²) in [4.78, 5) is 16.6. The van der Waals surface area contributed by atoms with Crippen LogP contribution in [0.15, 0.2) is 60.8 Å². The van der Waals surface area contributed by atoms with Crippen molar-refractivity contribution in [3.05, 3.63) is 83.2 Å². The van der Waals surface area contributed by atoms with Gasteiger partial charge in [-0.05, 0) is 42.3 Å². The van der Waals surface area contributed by atoms with Gasteiger partial charge < -0.3 is 20.1 Å². The minimum atomic E-state index is -0.225. The van der Waals surface area contributed by atoms with Crippen LogP contribution >= 0.6 is 0 Å². The van der Waals surface area contributed by atoms with Gasteiger partial charge in [-0.1, -0.05) is 35.9 Å². The largest absolute Gasteiger partial charge is 0.454 e. The van der Waals surface area contributed by atoms with Crippen LogP contribution < -0.4 is 20.1 Å². The number of carbonyl (C=O) groups is 1. The van der Waals surface area contributed by atoms with Crippen LogP contribution in [0.4, 0.5) is 5.69 Å². The highest BCUT2D eigenvalue weighted by Crippen LogP contribution is 2.32. The summed E-state index contributed by atoms with van der Waals surface area (Å²) in [5.41, 5.74) is 4.56. The maximum absolute atomic E-state index is 12.5. The third-order valence-electron chi connectivity index (χ3n) is 4.50. The molecule has 0 fully saturated rings. The lowest BCUT2D eigenvalue weighted by Crippen LogP contribution is -2.23. The van der Waals surface area contributed by atoms with Crippen molar-refractivity contribution in [2.24, 2.45) is 0 Å². The molecular formula is C22H21N3O3. The van der Waals surface area contributed by atoms with E-state index in [4.69, 9.17) is 9.47 Å². The van der Waals surface area contributed by atoms with E-state index in [1.165, 1.54) is 11.1 Å². The number of nitrogens with zero attached hydrogens (tertiary/aromatic N) is 1. The van der Waals surface area contributed by atoms with Gasteiger partial charge in [0.15, 0.2) is 11.5 Å². The van der Waals surface area contributed by atoms with E-state index in [1.807, 2.05) is 24.3 Å². The molecule has 142 valence electrons. The molecule has 0 aliphatic carbocycles. The second-order valence-corrected chi connectivity index (χ2v) is 6.64. The molecule has 1 aromatic heterocycles. The maximum Gasteiger partial charge on any atom is 0.270 e. The molecule has 3 aromatic rings. The van der Waals surface area contributed by atoms with Crippen molar-refractivity contribution in [1.82, 2.24) is 10.3 Å².